The maximum absolute atomic E-state index is 13.8. The predicted molar refractivity (Wildman–Crippen MR) is 120 cm³/mol. The van der Waals surface area contributed by atoms with Crippen molar-refractivity contribution in [3.63, 3.8) is 0 Å². The molecule has 4 heterocycles. The lowest BCUT2D eigenvalue weighted by atomic mass is 10.3. The average molecular weight is 448 g/mol. The number of benzene rings is 1. The third-order valence-electron chi connectivity index (χ3n) is 5.09. The molecule has 0 aliphatic rings. The highest BCUT2D eigenvalue weighted by Crippen LogP contribution is 2.19. The molecule has 0 radical (unpaired) electrons. The quantitative estimate of drug-likeness (QED) is 0.252. The lowest BCUT2D eigenvalue weighted by Crippen LogP contribution is -2.20. The second kappa shape index (κ2) is 9.17. The lowest BCUT2D eigenvalue weighted by Gasteiger charge is -2.05. The van der Waals surface area contributed by atoms with Crippen LogP contribution >= 0.6 is 0 Å². The molecule has 0 bridgehead atoms. The third-order valence-corrected chi connectivity index (χ3v) is 5.09. The van der Waals surface area contributed by atoms with Crippen LogP contribution in [0.2, 0.25) is 0 Å². The van der Waals surface area contributed by atoms with Crippen molar-refractivity contribution in [2.75, 3.05) is 18.4 Å². The molecule has 33 heavy (non-hydrogen) atoms. The number of fused-ring (bicyclic) bond motifs is 2. The number of aromatic nitrogens is 6. The van der Waals surface area contributed by atoms with Crippen LogP contribution in [0.5, 0.6) is 0 Å². The first-order valence-electron chi connectivity index (χ1n) is 10.5. The molecule has 5 rings (SSSR count). The molecular weight excluding hydrogens is 427 g/mol. The van der Waals surface area contributed by atoms with E-state index in [1.54, 1.807) is 0 Å². The monoisotopic (exact) mass is 448 g/mol. The Morgan fingerprint density at radius 3 is 2.76 bits per heavy atom. The van der Waals surface area contributed by atoms with E-state index in [1.165, 1.54) is 18.3 Å². The Morgan fingerprint density at radius 2 is 1.88 bits per heavy atom. The first-order valence-corrected chi connectivity index (χ1v) is 10.5. The Bertz CT molecular complexity index is 1420. The highest BCUT2D eigenvalue weighted by Gasteiger charge is 2.14. The summed E-state index contributed by atoms with van der Waals surface area (Å²) in [5.41, 5.74) is 2.12. The maximum atomic E-state index is 13.8. The number of nitrogens with zero attached hydrogens (tertiary/aromatic N) is 4. The maximum Gasteiger partial charge on any atom is 0.349 e. The van der Waals surface area contributed by atoms with Crippen LogP contribution < -0.4 is 16.3 Å². The van der Waals surface area contributed by atoms with Gasteiger partial charge in [0.2, 0.25) is 0 Å². The zero-order chi connectivity index (χ0) is 22.6. The molecule has 5 aromatic rings. The van der Waals surface area contributed by atoms with Gasteiger partial charge in [-0.3, -0.25) is 9.97 Å². The van der Waals surface area contributed by atoms with E-state index < -0.39 is 11.5 Å². The number of pyridine rings is 1. The summed E-state index contributed by atoms with van der Waals surface area (Å²) in [6.07, 6.45) is 2.77. The van der Waals surface area contributed by atoms with Gasteiger partial charge in [0.05, 0.1) is 23.3 Å². The van der Waals surface area contributed by atoms with E-state index in [-0.39, 0.29) is 18.0 Å². The van der Waals surface area contributed by atoms with Crippen LogP contribution in [0.1, 0.15) is 17.4 Å². The smallest absolute Gasteiger partial charge is 0.349 e. The second-order valence-corrected chi connectivity index (χ2v) is 7.41. The van der Waals surface area contributed by atoms with Crippen LogP contribution in [0.25, 0.3) is 22.3 Å². The number of halogens is 1. The summed E-state index contributed by atoms with van der Waals surface area (Å²) in [6, 6.07) is 10.8. The van der Waals surface area contributed by atoms with E-state index in [2.05, 4.69) is 40.5 Å². The summed E-state index contributed by atoms with van der Waals surface area (Å²) in [4.78, 5) is 34.6. The van der Waals surface area contributed by atoms with Gasteiger partial charge in [-0.15, -0.1) is 0 Å². The first-order chi connectivity index (χ1) is 16.2. The number of hydrogen-bond donors (Lipinski definition) is 4. The summed E-state index contributed by atoms with van der Waals surface area (Å²) in [6.45, 7) is 1.44. The van der Waals surface area contributed by atoms with E-state index in [4.69, 9.17) is 4.42 Å². The van der Waals surface area contributed by atoms with Gasteiger partial charge in [0.25, 0.3) is 5.71 Å². The van der Waals surface area contributed by atoms with E-state index in [0.717, 1.165) is 29.8 Å². The molecule has 0 aliphatic carbocycles. The van der Waals surface area contributed by atoms with Gasteiger partial charge < -0.3 is 20.0 Å². The van der Waals surface area contributed by atoms with Crippen LogP contribution in [-0.2, 0) is 19.4 Å². The SMILES string of the molecule is O=c1nc2oc(CCNCCc3nc4ccccc4[nH]3)nc2c(NCc2ncccc2F)[nH]1. The summed E-state index contributed by atoms with van der Waals surface area (Å²) in [5.74, 6) is 1.24. The fraction of sp³-hybridized carbons (Fsp3) is 0.227. The Hall–Kier alpha value is -4.12. The fourth-order valence-corrected chi connectivity index (χ4v) is 3.49. The molecule has 0 aliphatic heterocycles. The van der Waals surface area contributed by atoms with E-state index in [9.17, 15) is 9.18 Å². The predicted octanol–water partition coefficient (Wildman–Crippen LogP) is 2.31. The fourth-order valence-electron chi connectivity index (χ4n) is 3.49. The van der Waals surface area contributed by atoms with Gasteiger partial charge in [0.15, 0.2) is 11.4 Å². The number of nitrogens with one attached hydrogen (secondary N) is 4. The average Bonchev–Trinajstić information content (AvgIpc) is 3.41. The Labute approximate surface area is 186 Å². The van der Waals surface area contributed by atoms with Crippen LogP contribution in [0.3, 0.4) is 0 Å². The van der Waals surface area contributed by atoms with Crippen molar-refractivity contribution in [3.05, 3.63) is 76.3 Å². The molecule has 4 N–H and O–H groups in total. The van der Waals surface area contributed by atoms with Gasteiger partial charge in [0.1, 0.15) is 17.5 Å². The van der Waals surface area contributed by atoms with Crippen LogP contribution in [0, 0.1) is 5.82 Å². The van der Waals surface area contributed by atoms with Crippen LogP contribution in [0.4, 0.5) is 10.2 Å². The topological polar surface area (TPSA) is 137 Å². The Kier molecular flexibility index (Phi) is 5.77. The van der Waals surface area contributed by atoms with Crippen molar-refractivity contribution in [1.82, 2.24) is 35.2 Å². The summed E-state index contributed by atoms with van der Waals surface area (Å²) in [5, 5.41) is 6.29. The van der Waals surface area contributed by atoms with Crippen molar-refractivity contribution in [3.8, 4) is 0 Å². The van der Waals surface area contributed by atoms with Crippen molar-refractivity contribution in [1.29, 1.82) is 0 Å². The largest absolute Gasteiger partial charge is 0.422 e. The molecule has 0 fully saturated rings. The number of rotatable bonds is 9. The van der Waals surface area contributed by atoms with Gasteiger partial charge >= 0.3 is 5.69 Å². The molecular formula is C22H21FN8O2. The summed E-state index contributed by atoms with van der Waals surface area (Å²) in [7, 11) is 0. The molecule has 1 aromatic carbocycles. The van der Waals surface area contributed by atoms with Crippen molar-refractivity contribution < 1.29 is 8.81 Å². The second-order valence-electron chi connectivity index (χ2n) is 7.41. The minimum Gasteiger partial charge on any atom is -0.422 e. The van der Waals surface area contributed by atoms with E-state index in [1.807, 2.05) is 24.3 Å². The van der Waals surface area contributed by atoms with E-state index >= 15 is 0 Å². The number of para-hydroxylation sites is 2. The first kappa shape index (κ1) is 20.8. The molecule has 168 valence electrons. The van der Waals surface area contributed by atoms with Crippen molar-refractivity contribution >= 4 is 28.1 Å². The molecule has 0 saturated carbocycles. The molecule has 0 saturated heterocycles. The Morgan fingerprint density at radius 1 is 1.00 bits per heavy atom. The highest BCUT2D eigenvalue weighted by atomic mass is 19.1. The summed E-state index contributed by atoms with van der Waals surface area (Å²) < 4.78 is 19.5. The van der Waals surface area contributed by atoms with Crippen LogP contribution in [0.15, 0.2) is 51.8 Å². The number of imidazole rings is 1. The van der Waals surface area contributed by atoms with Gasteiger partial charge in [-0.25, -0.2) is 19.2 Å². The minimum absolute atomic E-state index is 0.0767. The number of H-pyrrole nitrogens is 2. The van der Waals surface area contributed by atoms with Gasteiger partial charge in [-0.05, 0) is 24.3 Å². The molecule has 0 amide bonds. The molecule has 0 spiro atoms. The van der Waals surface area contributed by atoms with Gasteiger partial charge in [-0.2, -0.15) is 4.98 Å². The number of hydrogen-bond acceptors (Lipinski definition) is 8. The molecule has 11 heteroatoms. The zero-order valence-corrected chi connectivity index (χ0v) is 17.6. The van der Waals surface area contributed by atoms with Crippen molar-refractivity contribution in [2.45, 2.75) is 19.4 Å². The van der Waals surface area contributed by atoms with Crippen LogP contribution in [-0.4, -0.2) is 43.0 Å². The minimum atomic E-state index is -0.585. The number of aromatic amines is 2. The highest BCUT2D eigenvalue weighted by molar-refractivity contribution is 5.80. The lowest BCUT2D eigenvalue weighted by molar-refractivity contribution is 0.507. The zero-order valence-electron chi connectivity index (χ0n) is 17.6. The number of anilines is 1. The molecule has 0 unspecified atom stereocenters. The van der Waals surface area contributed by atoms with Crippen molar-refractivity contribution in [2.24, 2.45) is 0 Å². The Balaban J connectivity index is 1.19. The normalized spacial score (nSPS) is 11.4. The van der Waals surface area contributed by atoms with E-state index in [0.29, 0.717) is 30.2 Å². The van der Waals surface area contributed by atoms with Gasteiger partial charge in [0, 0.05) is 32.1 Å². The third kappa shape index (κ3) is 4.72. The standard InChI is InChI=1S/C22H21FN8O2/c23-13-4-3-9-25-16(13)12-26-20-19-21(31-22(32)30-20)33-18(29-19)8-11-24-10-7-17-27-14-5-1-2-6-15(14)28-17/h1-6,9,24H,7-8,10-12H2,(H,27,28)(H2,26,30,31,32). The van der Waals surface area contributed by atoms with Gasteiger partial charge in [-0.1, -0.05) is 12.1 Å². The number of oxazole rings is 1. The molecule has 0 atom stereocenters. The molecule has 4 aromatic heterocycles. The molecule has 10 nitrogen and oxygen atoms in total. The summed E-state index contributed by atoms with van der Waals surface area (Å²) >= 11 is 0.